The van der Waals surface area contributed by atoms with Gasteiger partial charge in [-0.15, -0.1) is 0 Å². The fourth-order valence-corrected chi connectivity index (χ4v) is 5.93. The number of carbonyl (C=O) groups is 2. The first-order valence-corrected chi connectivity index (χ1v) is 11.5. The third-order valence-corrected chi connectivity index (χ3v) is 7.51. The second-order valence-electron chi connectivity index (χ2n) is 9.20. The molecule has 0 radical (unpaired) electrons. The summed E-state index contributed by atoms with van der Waals surface area (Å²) in [4.78, 5) is 26.4. The van der Waals surface area contributed by atoms with E-state index in [1.54, 1.807) is 0 Å². The van der Waals surface area contributed by atoms with Gasteiger partial charge in [-0.1, -0.05) is 80.6 Å². The van der Waals surface area contributed by atoms with Crippen molar-refractivity contribution in [3.63, 3.8) is 0 Å². The van der Waals surface area contributed by atoms with Crippen LogP contribution >= 0.6 is 0 Å². The molecule has 5 nitrogen and oxygen atoms in total. The van der Waals surface area contributed by atoms with Gasteiger partial charge in [0.25, 0.3) is 0 Å². The molecule has 0 spiro atoms. The maximum atomic E-state index is 13.0. The average molecular weight is 420 g/mol. The van der Waals surface area contributed by atoms with Crippen molar-refractivity contribution in [3.05, 3.63) is 59.7 Å². The largest absolute Gasteiger partial charge is 0.480 e. The standard InChI is InChI=1S/C26H29NO4/c28-25(29)24-14-18(17-8-2-1-3-9-17)15-27(24)26(30)31-16-23-21-12-6-4-10-19(21)20-11-5-7-13-22(20)23/h4-7,10-13,17-18,23-24H,1-3,8-9,14-16H2,(H,28,29)/t18-,24?/m1/s1. The molecule has 0 aromatic heterocycles. The number of carboxylic acid groups (broad SMARTS) is 1. The van der Waals surface area contributed by atoms with E-state index in [1.165, 1.54) is 35.3 Å². The van der Waals surface area contributed by atoms with Crippen LogP contribution in [0.3, 0.4) is 0 Å². The Labute approximate surface area is 183 Å². The Morgan fingerprint density at radius 3 is 2.13 bits per heavy atom. The van der Waals surface area contributed by atoms with Crippen molar-refractivity contribution in [3.8, 4) is 11.1 Å². The molecular weight excluding hydrogens is 390 g/mol. The van der Waals surface area contributed by atoms with Crippen molar-refractivity contribution in [2.45, 2.75) is 50.5 Å². The highest BCUT2D eigenvalue weighted by Gasteiger charge is 2.43. The number of likely N-dealkylation sites (tertiary alicyclic amines) is 1. The molecule has 3 aliphatic rings. The smallest absolute Gasteiger partial charge is 0.410 e. The lowest BCUT2D eigenvalue weighted by Gasteiger charge is -2.27. The Morgan fingerprint density at radius 1 is 0.903 bits per heavy atom. The number of rotatable bonds is 4. The number of nitrogens with zero attached hydrogens (tertiary/aromatic N) is 1. The summed E-state index contributed by atoms with van der Waals surface area (Å²) >= 11 is 0. The molecule has 2 atom stereocenters. The lowest BCUT2D eigenvalue weighted by atomic mass is 9.79. The molecule has 2 fully saturated rings. The zero-order valence-electron chi connectivity index (χ0n) is 17.7. The van der Waals surface area contributed by atoms with Crippen molar-refractivity contribution >= 4 is 12.1 Å². The highest BCUT2D eigenvalue weighted by atomic mass is 16.6. The monoisotopic (exact) mass is 419 g/mol. The molecule has 5 rings (SSSR count). The van der Waals surface area contributed by atoms with Gasteiger partial charge in [0.15, 0.2) is 0 Å². The van der Waals surface area contributed by atoms with Crippen LogP contribution in [0.25, 0.3) is 11.1 Å². The number of ether oxygens (including phenoxy) is 1. The van der Waals surface area contributed by atoms with Crippen LogP contribution < -0.4 is 0 Å². The molecule has 1 saturated heterocycles. The van der Waals surface area contributed by atoms with Crippen LogP contribution in [-0.2, 0) is 9.53 Å². The van der Waals surface area contributed by atoms with Crippen molar-refractivity contribution < 1.29 is 19.4 Å². The molecule has 1 aliphatic heterocycles. The summed E-state index contributed by atoms with van der Waals surface area (Å²) in [6.07, 6.45) is 6.04. The van der Waals surface area contributed by atoms with Crippen LogP contribution in [-0.4, -0.2) is 41.3 Å². The summed E-state index contributed by atoms with van der Waals surface area (Å²) in [5.41, 5.74) is 4.68. The topological polar surface area (TPSA) is 66.8 Å². The lowest BCUT2D eigenvalue weighted by molar-refractivity contribution is -0.141. The molecule has 1 heterocycles. The molecule has 2 aromatic rings. The van der Waals surface area contributed by atoms with E-state index < -0.39 is 18.1 Å². The van der Waals surface area contributed by atoms with Gasteiger partial charge in [0.05, 0.1) is 0 Å². The second kappa shape index (κ2) is 8.37. The van der Waals surface area contributed by atoms with Crippen molar-refractivity contribution in [1.29, 1.82) is 0 Å². The summed E-state index contributed by atoms with van der Waals surface area (Å²) in [6.45, 7) is 0.724. The van der Waals surface area contributed by atoms with E-state index in [0.29, 0.717) is 18.9 Å². The summed E-state index contributed by atoms with van der Waals surface area (Å²) in [5.74, 6) is -0.146. The van der Waals surface area contributed by atoms with Gasteiger partial charge in [0.1, 0.15) is 12.6 Å². The normalized spacial score (nSPS) is 23.4. The Kier molecular flexibility index (Phi) is 5.43. The van der Waals surface area contributed by atoms with Gasteiger partial charge in [-0.25, -0.2) is 9.59 Å². The molecule has 1 amide bonds. The minimum atomic E-state index is -0.924. The minimum absolute atomic E-state index is 0.0172. The third-order valence-electron chi connectivity index (χ3n) is 7.51. The lowest BCUT2D eigenvalue weighted by Crippen LogP contribution is -2.41. The zero-order chi connectivity index (χ0) is 21.4. The van der Waals surface area contributed by atoms with Crippen LogP contribution in [0.4, 0.5) is 4.79 Å². The molecule has 1 N–H and O–H groups in total. The van der Waals surface area contributed by atoms with Gasteiger partial charge in [-0.05, 0) is 40.5 Å². The molecule has 2 aliphatic carbocycles. The minimum Gasteiger partial charge on any atom is -0.480 e. The summed E-state index contributed by atoms with van der Waals surface area (Å²) in [6, 6.07) is 15.7. The first-order chi connectivity index (χ1) is 15.1. The fourth-order valence-electron chi connectivity index (χ4n) is 5.93. The van der Waals surface area contributed by atoms with Gasteiger partial charge in [0, 0.05) is 12.5 Å². The van der Waals surface area contributed by atoms with E-state index in [1.807, 2.05) is 24.3 Å². The Morgan fingerprint density at radius 2 is 1.52 bits per heavy atom. The highest BCUT2D eigenvalue weighted by molar-refractivity contribution is 5.81. The quantitative estimate of drug-likeness (QED) is 0.731. The van der Waals surface area contributed by atoms with Crippen molar-refractivity contribution in [1.82, 2.24) is 4.90 Å². The van der Waals surface area contributed by atoms with Crippen LogP contribution in [0.1, 0.15) is 55.6 Å². The van der Waals surface area contributed by atoms with Gasteiger partial charge in [-0.3, -0.25) is 4.90 Å². The zero-order valence-corrected chi connectivity index (χ0v) is 17.7. The molecule has 1 unspecified atom stereocenters. The second-order valence-corrected chi connectivity index (χ2v) is 9.20. The molecule has 5 heteroatoms. The molecule has 2 aromatic carbocycles. The molecule has 1 saturated carbocycles. The predicted octanol–water partition coefficient (Wildman–Crippen LogP) is 5.29. The summed E-state index contributed by atoms with van der Waals surface area (Å²) in [5, 5.41) is 9.74. The molecule has 31 heavy (non-hydrogen) atoms. The number of fused-ring (bicyclic) bond motifs is 3. The van der Waals surface area contributed by atoms with Crippen LogP contribution in [0.2, 0.25) is 0 Å². The first-order valence-electron chi connectivity index (χ1n) is 11.5. The van der Waals surface area contributed by atoms with E-state index in [4.69, 9.17) is 4.74 Å². The third kappa shape index (κ3) is 3.71. The number of amides is 1. The van der Waals surface area contributed by atoms with Crippen molar-refractivity contribution in [2.75, 3.05) is 13.2 Å². The maximum absolute atomic E-state index is 13.0. The highest BCUT2D eigenvalue weighted by Crippen LogP contribution is 2.45. The van der Waals surface area contributed by atoms with Gasteiger partial charge < -0.3 is 9.84 Å². The number of hydrogen-bond acceptors (Lipinski definition) is 3. The van der Waals surface area contributed by atoms with Gasteiger partial charge in [-0.2, -0.15) is 0 Å². The summed E-state index contributed by atoms with van der Waals surface area (Å²) in [7, 11) is 0. The molecule has 0 bridgehead atoms. The Bertz CT molecular complexity index is 935. The Balaban J connectivity index is 1.30. The fraction of sp³-hybridized carbons (Fsp3) is 0.462. The predicted molar refractivity (Wildman–Crippen MR) is 118 cm³/mol. The first kappa shape index (κ1) is 20.1. The molecular formula is C26H29NO4. The SMILES string of the molecule is O=C(O)C1C[C@@H](C2CCCCC2)CN1C(=O)OCC1c2ccccc2-c2ccccc21. The van der Waals surface area contributed by atoms with Gasteiger partial charge in [0.2, 0.25) is 0 Å². The van der Waals surface area contributed by atoms with Crippen LogP contribution in [0.5, 0.6) is 0 Å². The van der Waals surface area contributed by atoms with E-state index >= 15 is 0 Å². The average Bonchev–Trinajstić information content (AvgIpc) is 3.39. The van der Waals surface area contributed by atoms with E-state index in [-0.39, 0.29) is 18.4 Å². The number of hydrogen-bond donors (Lipinski definition) is 1. The van der Waals surface area contributed by atoms with E-state index in [2.05, 4.69) is 24.3 Å². The maximum Gasteiger partial charge on any atom is 0.410 e. The van der Waals surface area contributed by atoms with Crippen molar-refractivity contribution in [2.24, 2.45) is 11.8 Å². The number of benzene rings is 2. The van der Waals surface area contributed by atoms with Crippen LogP contribution in [0.15, 0.2) is 48.5 Å². The molecule has 162 valence electrons. The number of carboxylic acids is 1. The van der Waals surface area contributed by atoms with Gasteiger partial charge >= 0.3 is 12.1 Å². The summed E-state index contributed by atoms with van der Waals surface area (Å²) < 4.78 is 5.76. The number of carbonyl (C=O) groups excluding carboxylic acids is 1. The van der Waals surface area contributed by atoms with Crippen LogP contribution in [0, 0.1) is 11.8 Å². The Hall–Kier alpha value is -2.82. The van der Waals surface area contributed by atoms with E-state index in [0.717, 1.165) is 24.0 Å². The van der Waals surface area contributed by atoms with E-state index in [9.17, 15) is 14.7 Å². The number of aliphatic carboxylic acids is 1.